The Hall–Kier alpha value is -3.72. The van der Waals surface area contributed by atoms with Gasteiger partial charge in [0.15, 0.2) is 11.5 Å². The van der Waals surface area contributed by atoms with E-state index in [4.69, 9.17) is 9.47 Å². The number of hydrogen-bond acceptors (Lipinski definition) is 8. The molecule has 1 aromatic carbocycles. The molecule has 2 N–H and O–H groups in total. The molecule has 0 bridgehead atoms. The molecule has 4 aromatic rings. The minimum Gasteiger partial charge on any atom is -0.492 e. The van der Waals surface area contributed by atoms with Gasteiger partial charge in [-0.3, -0.25) is 0 Å². The molecule has 5 rings (SSSR count). The number of ether oxygens (including phenoxy) is 2. The lowest BCUT2D eigenvalue weighted by atomic mass is 10.2. The van der Waals surface area contributed by atoms with Gasteiger partial charge in [-0.1, -0.05) is 18.2 Å². The van der Waals surface area contributed by atoms with Crippen LogP contribution in [0.15, 0.2) is 55.0 Å². The van der Waals surface area contributed by atoms with E-state index in [-0.39, 0.29) is 0 Å². The summed E-state index contributed by atoms with van der Waals surface area (Å²) in [5.41, 5.74) is 2.26. The number of nitrogens with one attached hydrogen (secondary N) is 2. The lowest BCUT2D eigenvalue weighted by Gasteiger charge is -2.27. The van der Waals surface area contributed by atoms with E-state index in [1.807, 2.05) is 48.7 Å². The maximum atomic E-state index is 5.72. The van der Waals surface area contributed by atoms with Gasteiger partial charge in [0.05, 0.1) is 19.8 Å². The van der Waals surface area contributed by atoms with Crippen LogP contribution < -0.4 is 15.0 Å². The lowest BCUT2D eigenvalue weighted by Crippen LogP contribution is -2.36. The second kappa shape index (κ2) is 8.97. The zero-order valence-corrected chi connectivity index (χ0v) is 17.0. The minimum absolute atomic E-state index is 0.517. The summed E-state index contributed by atoms with van der Waals surface area (Å²) in [4.78, 5) is 23.4. The third kappa shape index (κ3) is 4.41. The van der Waals surface area contributed by atoms with Crippen LogP contribution in [0.1, 0.15) is 0 Å². The Morgan fingerprint density at radius 2 is 1.90 bits per heavy atom. The summed E-state index contributed by atoms with van der Waals surface area (Å²) < 4.78 is 11.1. The van der Waals surface area contributed by atoms with E-state index in [2.05, 4.69) is 35.1 Å². The monoisotopic (exact) mass is 417 g/mol. The average Bonchev–Trinajstić information content (AvgIpc) is 3.28. The van der Waals surface area contributed by atoms with Crippen molar-refractivity contribution in [3.8, 4) is 17.1 Å². The van der Waals surface area contributed by atoms with Crippen molar-refractivity contribution in [2.75, 3.05) is 49.7 Å². The standard InChI is InChI=1S/C22H23N7O2/c1-2-4-17(5-3-1)31-11-8-23-21-19-22(26-15-25-21)28-20(27-19)16-6-7-18(24-14-16)29-9-12-30-13-10-29/h1-7,14-15H,8-13H2,(H2,23,25,26,27,28). The van der Waals surface area contributed by atoms with Crippen molar-refractivity contribution in [1.29, 1.82) is 0 Å². The number of para-hydroxylation sites is 1. The molecular formula is C22H23N7O2. The number of H-pyrrole nitrogens is 1. The minimum atomic E-state index is 0.517. The maximum Gasteiger partial charge on any atom is 0.183 e. The number of morpholine rings is 1. The number of hydrogen-bond donors (Lipinski definition) is 2. The van der Waals surface area contributed by atoms with Gasteiger partial charge in [0.1, 0.15) is 35.8 Å². The average molecular weight is 417 g/mol. The fraction of sp³-hybridized carbons (Fsp3) is 0.273. The van der Waals surface area contributed by atoms with E-state index in [1.54, 1.807) is 0 Å². The van der Waals surface area contributed by atoms with Crippen molar-refractivity contribution in [3.63, 3.8) is 0 Å². The first kappa shape index (κ1) is 19.3. The summed E-state index contributed by atoms with van der Waals surface area (Å²) in [6, 6.07) is 13.8. The SMILES string of the molecule is c1ccc(OCCNc2ncnc3nc(-c4ccc(N5CCOCC5)nc4)[nH]c23)cc1. The number of benzene rings is 1. The first-order valence-electron chi connectivity index (χ1n) is 10.3. The fourth-order valence-electron chi connectivity index (χ4n) is 3.46. The molecule has 1 aliphatic heterocycles. The molecule has 9 nitrogen and oxygen atoms in total. The molecule has 4 heterocycles. The van der Waals surface area contributed by atoms with Crippen LogP contribution in [-0.2, 0) is 4.74 Å². The molecule has 31 heavy (non-hydrogen) atoms. The van der Waals surface area contributed by atoms with Gasteiger partial charge in [0.2, 0.25) is 0 Å². The van der Waals surface area contributed by atoms with Gasteiger partial charge in [-0.25, -0.2) is 19.9 Å². The third-order valence-corrected chi connectivity index (χ3v) is 5.05. The highest BCUT2D eigenvalue weighted by molar-refractivity contribution is 5.85. The zero-order chi connectivity index (χ0) is 20.9. The summed E-state index contributed by atoms with van der Waals surface area (Å²) in [5.74, 6) is 3.19. The van der Waals surface area contributed by atoms with Crippen LogP contribution in [0.25, 0.3) is 22.6 Å². The van der Waals surface area contributed by atoms with E-state index < -0.39 is 0 Å². The predicted octanol–water partition coefficient (Wildman–Crippen LogP) is 2.74. The van der Waals surface area contributed by atoms with Gasteiger partial charge in [0.25, 0.3) is 0 Å². The van der Waals surface area contributed by atoms with E-state index in [0.29, 0.717) is 30.4 Å². The van der Waals surface area contributed by atoms with Crippen LogP contribution in [0, 0.1) is 0 Å². The largest absolute Gasteiger partial charge is 0.492 e. The van der Waals surface area contributed by atoms with Gasteiger partial charge in [0, 0.05) is 24.8 Å². The molecule has 0 amide bonds. The van der Waals surface area contributed by atoms with Crippen molar-refractivity contribution in [2.24, 2.45) is 0 Å². The maximum absolute atomic E-state index is 5.72. The number of rotatable bonds is 7. The molecule has 9 heteroatoms. The van der Waals surface area contributed by atoms with E-state index >= 15 is 0 Å². The van der Waals surface area contributed by atoms with Gasteiger partial charge in [-0.05, 0) is 24.3 Å². The Balaban J connectivity index is 1.27. The number of fused-ring (bicyclic) bond motifs is 1. The highest BCUT2D eigenvalue weighted by Gasteiger charge is 2.14. The lowest BCUT2D eigenvalue weighted by molar-refractivity contribution is 0.122. The first-order valence-corrected chi connectivity index (χ1v) is 10.3. The smallest absolute Gasteiger partial charge is 0.183 e. The number of nitrogens with zero attached hydrogens (tertiary/aromatic N) is 5. The number of pyridine rings is 1. The van der Waals surface area contributed by atoms with Gasteiger partial charge >= 0.3 is 0 Å². The van der Waals surface area contributed by atoms with Crippen LogP contribution in [0.2, 0.25) is 0 Å². The molecule has 1 fully saturated rings. The van der Waals surface area contributed by atoms with Gasteiger partial charge in [-0.2, -0.15) is 0 Å². The van der Waals surface area contributed by atoms with Crippen molar-refractivity contribution < 1.29 is 9.47 Å². The summed E-state index contributed by atoms with van der Waals surface area (Å²) in [6.45, 7) is 4.30. The summed E-state index contributed by atoms with van der Waals surface area (Å²) in [5, 5.41) is 3.29. The summed E-state index contributed by atoms with van der Waals surface area (Å²) >= 11 is 0. The molecule has 0 unspecified atom stereocenters. The van der Waals surface area contributed by atoms with E-state index in [1.165, 1.54) is 6.33 Å². The van der Waals surface area contributed by atoms with Crippen LogP contribution >= 0.6 is 0 Å². The van der Waals surface area contributed by atoms with Crippen molar-refractivity contribution in [1.82, 2.24) is 24.9 Å². The Bertz CT molecular complexity index is 1130. The quantitative estimate of drug-likeness (QED) is 0.443. The molecule has 0 spiro atoms. The number of imidazole rings is 1. The van der Waals surface area contributed by atoms with Crippen LogP contribution in [-0.4, -0.2) is 64.4 Å². The molecule has 0 aliphatic carbocycles. The first-order chi connectivity index (χ1) is 15.4. The van der Waals surface area contributed by atoms with Crippen LogP contribution in [0.5, 0.6) is 5.75 Å². The third-order valence-electron chi connectivity index (χ3n) is 5.05. The molecular weight excluding hydrogens is 394 g/mol. The Labute approximate surface area is 179 Å². The Morgan fingerprint density at radius 1 is 1.03 bits per heavy atom. The van der Waals surface area contributed by atoms with E-state index in [9.17, 15) is 0 Å². The Kier molecular flexibility index (Phi) is 5.57. The molecule has 1 saturated heterocycles. The highest BCUT2D eigenvalue weighted by Crippen LogP contribution is 2.24. The van der Waals surface area contributed by atoms with Crippen molar-refractivity contribution in [3.05, 3.63) is 55.0 Å². The number of aromatic amines is 1. The molecule has 3 aromatic heterocycles. The highest BCUT2D eigenvalue weighted by atomic mass is 16.5. The number of aromatic nitrogens is 5. The van der Waals surface area contributed by atoms with Gasteiger partial charge < -0.3 is 24.7 Å². The van der Waals surface area contributed by atoms with Crippen molar-refractivity contribution >= 4 is 22.8 Å². The second-order valence-electron chi connectivity index (χ2n) is 7.10. The topological polar surface area (TPSA) is 101 Å². The normalized spacial score (nSPS) is 14.0. The summed E-state index contributed by atoms with van der Waals surface area (Å²) in [6.07, 6.45) is 3.34. The molecule has 158 valence electrons. The van der Waals surface area contributed by atoms with Crippen LogP contribution in [0.4, 0.5) is 11.6 Å². The van der Waals surface area contributed by atoms with Crippen LogP contribution in [0.3, 0.4) is 0 Å². The summed E-state index contributed by atoms with van der Waals surface area (Å²) in [7, 11) is 0. The van der Waals surface area contributed by atoms with Gasteiger partial charge in [-0.15, -0.1) is 0 Å². The fourth-order valence-corrected chi connectivity index (χ4v) is 3.46. The second-order valence-corrected chi connectivity index (χ2v) is 7.10. The molecule has 0 saturated carbocycles. The zero-order valence-electron chi connectivity index (χ0n) is 17.0. The van der Waals surface area contributed by atoms with E-state index in [0.717, 1.165) is 49.0 Å². The molecule has 1 aliphatic rings. The predicted molar refractivity (Wildman–Crippen MR) is 118 cm³/mol. The molecule has 0 radical (unpaired) electrons. The molecule has 0 atom stereocenters. The Morgan fingerprint density at radius 3 is 2.71 bits per heavy atom. The van der Waals surface area contributed by atoms with Crippen molar-refractivity contribution in [2.45, 2.75) is 0 Å². The number of anilines is 2.